The average Bonchev–Trinajstić information content (AvgIpc) is 2.12. The van der Waals surface area contributed by atoms with Crippen molar-refractivity contribution >= 4 is 0 Å². The van der Waals surface area contributed by atoms with Crippen molar-refractivity contribution in [2.24, 2.45) is 0 Å². The molecule has 5 heteroatoms. The van der Waals surface area contributed by atoms with Gasteiger partial charge >= 0.3 is 17.1 Å². The smallest absolute Gasteiger partial charge is 0.308 e. The van der Waals surface area contributed by atoms with Gasteiger partial charge in [-0.15, -0.1) is 0 Å². The Morgan fingerprint density at radius 3 is 0.588 bits per heavy atom. The third kappa shape index (κ3) is 31.4. The summed E-state index contributed by atoms with van der Waals surface area (Å²) in [5.41, 5.74) is 0. The zero-order valence-electron chi connectivity index (χ0n) is 12.9. The molecule has 0 heterocycles. The Kier molecular flexibility index (Phi) is 19.1. The molecule has 0 aromatic rings. The van der Waals surface area contributed by atoms with E-state index in [4.69, 9.17) is 0 Å². The van der Waals surface area contributed by atoms with Crippen LogP contribution >= 0.6 is 0 Å². The van der Waals surface area contributed by atoms with Gasteiger partial charge in [0.1, 0.15) is 0 Å². The molecule has 110 valence electrons. The normalized spacial score (nSPS) is 10.6. The number of hydrogen-bond acceptors (Lipinski definition) is 4. The van der Waals surface area contributed by atoms with E-state index < -0.39 is 0 Å². The van der Waals surface area contributed by atoms with Crippen LogP contribution in [-0.2, 0) is 17.1 Å². The summed E-state index contributed by atoms with van der Waals surface area (Å²) in [7, 11) is 16.7. The molecule has 0 fully saturated rings. The molecule has 0 spiro atoms. The van der Waals surface area contributed by atoms with Gasteiger partial charge in [-0.1, -0.05) is 0 Å². The van der Waals surface area contributed by atoms with Crippen LogP contribution in [0.5, 0.6) is 0 Å². The van der Waals surface area contributed by atoms with Gasteiger partial charge in [-0.05, 0) is 56.4 Å². The van der Waals surface area contributed by atoms with Crippen molar-refractivity contribution in [1.82, 2.24) is 19.6 Å². The maximum Gasteiger partial charge on any atom is 1.00 e. The fourth-order valence-corrected chi connectivity index (χ4v) is 0.800. The molecule has 4 nitrogen and oxygen atoms in total. The molecule has 0 rings (SSSR count). The maximum atomic E-state index is 2.18. The fourth-order valence-electron chi connectivity index (χ4n) is 0.800. The van der Waals surface area contributed by atoms with Gasteiger partial charge in [0.2, 0.25) is 0 Å². The monoisotopic (exact) mass is 295 g/mol. The zero-order valence-corrected chi connectivity index (χ0v) is 13.9. The van der Waals surface area contributed by atoms with E-state index in [1.165, 1.54) is 0 Å². The van der Waals surface area contributed by atoms with Crippen molar-refractivity contribution < 1.29 is 17.1 Å². The van der Waals surface area contributed by atoms with Gasteiger partial charge in [-0.25, -0.2) is 0 Å². The van der Waals surface area contributed by atoms with Gasteiger partial charge < -0.3 is 19.6 Å². The zero-order chi connectivity index (χ0) is 13.1. The van der Waals surface area contributed by atoms with Crippen molar-refractivity contribution in [2.75, 3.05) is 82.6 Å². The molecular weight excluding hydrogens is 264 g/mol. The quantitative estimate of drug-likeness (QED) is 0.650. The Morgan fingerprint density at radius 1 is 0.412 bits per heavy atom. The minimum absolute atomic E-state index is 0. The molecular formula is C12H32CuN4+. The largest absolute Gasteiger partial charge is 1.00 e. The molecule has 0 aromatic heterocycles. The van der Waals surface area contributed by atoms with Crippen LogP contribution in [0.2, 0.25) is 0 Å². The van der Waals surface area contributed by atoms with E-state index in [2.05, 4.69) is 76.0 Å². The molecule has 0 bridgehead atoms. The first-order chi connectivity index (χ1) is 7.25. The fraction of sp³-hybridized carbons (Fsp3) is 1.00. The Balaban J connectivity index is -0.000000218. The molecule has 0 radical (unpaired) electrons. The second-order valence-electron chi connectivity index (χ2n) is 5.21. The van der Waals surface area contributed by atoms with Crippen molar-refractivity contribution in [3.8, 4) is 0 Å². The second kappa shape index (κ2) is 14.4. The van der Waals surface area contributed by atoms with E-state index in [-0.39, 0.29) is 17.1 Å². The van der Waals surface area contributed by atoms with Crippen LogP contribution in [0.4, 0.5) is 0 Å². The van der Waals surface area contributed by atoms with Gasteiger partial charge in [-0.2, -0.15) is 0 Å². The summed E-state index contributed by atoms with van der Waals surface area (Å²) in [6.45, 7) is 4.58. The van der Waals surface area contributed by atoms with Crippen LogP contribution in [0, 0.1) is 0 Å². The Labute approximate surface area is 119 Å². The first-order valence-corrected chi connectivity index (χ1v) is 5.84. The van der Waals surface area contributed by atoms with Crippen LogP contribution in [0.1, 0.15) is 0 Å². The molecule has 0 aliphatic rings. The summed E-state index contributed by atoms with van der Waals surface area (Å²) >= 11 is 0. The number of hydrogen-bond donors (Lipinski definition) is 0. The van der Waals surface area contributed by atoms with Crippen molar-refractivity contribution in [2.45, 2.75) is 0 Å². The van der Waals surface area contributed by atoms with E-state index in [1.54, 1.807) is 0 Å². The third-order valence-electron chi connectivity index (χ3n) is 1.99. The van der Waals surface area contributed by atoms with Crippen LogP contribution in [0.15, 0.2) is 0 Å². The van der Waals surface area contributed by atoms with Crippen molar-refractivity contribution in [3.05, 3.63) is 0 Å². The summed E-state index contributed by atoms with van der Waals surface area (Å²) in [4.78, 5) is 8.72. The standard InChI is InChI=1S/2C6H16N2.Cu/c2*1-7(2)5-6-8(3)4;/h2*5-6H2,1-4H3;/q;;+1. The Hall–Kier alpha value is 0.359. The van der Waals surface area contributed by atoms with Crippen LogP contribution in [-0.4, -0.2) is 102 Å². The van der Waals surface area contributed by atoms with Crippen molar-refractivity contribution in [3.63, 3.8) is 0 Å². The molecule has 0 unspecified atom stereocenters. The van der Waals surface area contributed by atoms with E-state index >= 15 is 0 Å². The molecule has 0 aliphatic carbocycles. The number of likely N-dealkylation sites (N-methyl/N-ethyl adjacent to an activating group) is 4. The first-order valence-electron chi connectivity index (χ1n) is 5.84. The molecule has 0 aliphatic heterocycles. The van der Waals surface area contributed by atoms with Gasteiger partial charge in [0.25, 0.3) is 0 Å². The van der Waals surface area contributed by atoms with Gasteiger partial charge in [0, 0.05) is 26.2 Å². The molecule has 17 heavy (non-hydrogen) atoms. The first kappa shape index (κ1) is 22.5. The van der Waals surface area contributed by atoms with Gasteiger partial charge in [-0.3, -0.25) is 0 Å². The number of nitrogens with zero attached hydrogens (tertiary/aromatic N) is 4. The Bertz CT molecular complexity index is 106. The van der Waals surface area contributed by atoms with E-state index in [1.807, 2.05) is 0 Å². The van der Waals surface area contributed by atoms with Crippen LogP contribution < -0.4 is 0 Å². The second-order valence-corrected chi connectivity index (χ2v) is 5.21. The van der Waals surface area contributed by atoms with Gasteiger partial charge in [0.05, 0.1) is 0 Å². The summed E-state index contributed by atoms with van der Waals surface area (Å²) in [5.74, 6) is 0. The summed E-state index contributed by atoms with van der Waals surface area (Å²) in [6, 6.07) is 0. The SMILES string of the molecule is CN(C)CCN(C)C.CN(C)CCN(C)C.[Cu+]. The maximum absolute atomic E-state index is 2.18. The Morgan fingerprint density at radius 2 is 0.529 bits per heavy atom. The molecule has 0 atom stereocenters. The minimum atomic E-state index is 0. The molecule has 0 saturated carbocycles. The predicted molar refractivity (Wildman–Crippen MR) is 74.2 cm³/mol. The van der Waals surface area contributed by atoms with Crippen LogP contribution in [0.25, 0.3) is 0 Å². The van der Waals surface area contributed by atoms with Crippen molar-refractivity contribution in [1.29, 1.82) is 0 Å². The minimum Gasteiger partial charge on any atom is -0.308 e. The topological polar surface area (TPSA) is 13.0 Å². The molecule has 0 N–H and O–H groups in total. The molecule has 0 saturated heterocycles. The average molecular weight is 296 g/mol. The summed E-state index contributed by atoms with van der Waals surface area (Å²) < 4.78 is 0. The molecule has 0 aromatic carbocycles. The predicted octanol–water partition coefficient (Wildman–Crippen LogP) is 0.217. The third-order valence-corrected chi connectivity index (χ3v) is 1.99. The van der Waals surface area contributed by atoms with E-state index in [0.29, 0.717) is 0 Å². The summed E-state index contributed by atoms with van der Waals surface area (Å²) in [5, 5.41) is 0. The number of rotatable bonds is 6. The van der Waals surface area contributed by atoms with Gasteiger partial charge in [0.15, 0.2) is 0 Å². The molecule has 0 amide bonds. The summed E-state index contributed by atoms with van der Waals surface area (Å²) in [6.07, 6.45) is 0. The van der Waals surface area contributed by atoms with E-state index in [0.717, 1.165) is 26.2 Å². The van der Waals surface area contributed by atoms with E-state index in [9.17, 15) is 0 Å². The van der Waals surface area contributed by atoms with Crippen LogP contribution in [0.3, 0.4) is 0 Å².